The van der Waals surface area contributed by atoms with Crippen molar-refractivity contribution in [2.75, 3.05) is 6.54 Å². The van der Waals surface area contributed by atoms with Crippen molar-refractivity contribution in [3.8, 4) is 0 Å². The molecule has 0 unspecified atom stereocenters. The Kier molecular flexibility index (Phi) is 4.55. The van der Waals surface area contributed by atoms with Crippen LogP contribution in [0.3, 0.4) is 0 Å². The van der Waals surface area contributed by atoms with Crippen LogP contribution in [0.25, 0.3) is 0 Å². The van der Waals surface area contributed by atoms with E-state index in [0.717, 1.165) is 24.0 Å². The van der Waals surface area contributed by atoms with E-state index < -0.39 is 0 Å². The van der Waals surface area contributed by atoms with E-state index >= 15 is 0 Å². The van der Waals surface area contributed by atoms with Gasteiger partial charge in [0.1, 0.15) is 5.82 Å². The van der Waals surface area contributed by atoms with E-state index in [4.69, 9.17) is 17.3 Å². The Morgan fingerprint density at radius 2 is 2.07 bits per heavy atom. The molecule has 0 spiro atoms. The monoisotopic (exact) mass is 229 g/mol. The number of hydrogen-bond acceptors (Lipinski definition) is 1. The quantitative estimate of drug-likeness (QED) is 0.841. The molecular formula is C12H17ClFN. The van der Waals surface area contributed by atoms with Crippen molar-refractivity contribution in [1.29, 1.82) is 0 Å². The summed E-state index contributed by atoms with van der Waals surface area (Å²) in [5.74, 6) is -0.0836. The highest BCUT2D eigenvalue weighted by Gasteiger charge is 2.11. The van der Waals surface area contributed by atoms with Gasteiger partial charge in [0.25, 0.3) is 0 Å². The predicted molar refractivity (Wildman–Crippen MR) is 62.9 cm³/mol. The van der Waals surface area contributed by atoms with E-state index in [1.54, 1.807) is 0 Å². The van der Waals surface area contributed by atoms with E-state index in [-0.39, 0.29) is 16.8 Å². The first kappa shape index (κ1) is 12.5. The topological polar surface area (TPSA) is 26.0 Å². The lowest BCUT2D eigenvalue weighted by molar-refractivity contribution is 0.620. The minimum absolute atomic E-state index is 0.241. The molecule has 1 nitrogen and oxygen atoms in total. The minimum Gasteiger partial charge on any atom is -0.330 e. The molecule has 0 fully saturated rings. The summed E-state index contributed by atoms with van der Waals surface area (Å²) in [5.41, 5.74) is 7.28. The molecule has 0 radical (unpaired) electrons. The van der Waals surface area contributed by atoms with Crippen LogP contribution in [0.1, 0.15) is 37.3 Å². The van der Waals surface area contributed by atoms with E-state index in [1.807, 2.05) is 19.9 Å². The van der Waals surface area contributed by atoms with Crippen molar-refractivity contribution in [3.63, 3.8) is 0 Å². The molecule has 3 heteroatoms. The van der Waals surface area contributed by atoms with Crippen molar-refractivity contribution < 1.29 is 4.39 Å². The zero-order valence-electron chi connectivity index (χ0n) is 9.19. The third kappa shape index (κ3) is 3.18. The molecule has 0 aromatic heterocycles. The first-order chi connectivity index (χ1) is 7.06. The molecule has 0 heterocycles. The first-order valence-electron chi connectivity index (χ1n) is 5.24. The molecule has 0 amide bonds. The second kappa shape index (κ2) is 5.47. The van der Waals surface area contributed by atoms with Gasteiger partial charge in [0.2, 0.25) is 0 Å². The summed E-state index contributed by atoms with van der Waals surface area (Å²) in [5, 5.41) is 0.251. The lowest BCUT2D eigenvalue weighted by atomic mass is 9.98. The van der Waals surface area contributed by atoms with Gasteiger partial charge in [-0.2, -0.15) is 0 Å². The van der Waals surface area contributed by atoms with Gasteiger partial charge < -0.3 is 5.73 Å². The Morgan fingerprint density at radius 3 is 2.60 bits per heavy atom. The van der Waals surface area contributed by atoms with Gasteiger partial charge in [-0.05, 0) is 42.5 Å². The summed E-state index contributed by atoms with van der Waals surface area (Å²) in [4.78, 5) is 0. The zero-order valence-corrected chi connectivity index (χ0v) is 9.94. The molecule has 2 N–H and O–H groups in total. The van der Waals surface area contributed by atoms with Crippen LogP contribution in [0.5, 0.6) is 0 Å². The van der Waals surface area contributed by atoms with E-state index in [1.165, 1.54) is 6.07 Å². The van der Waals surface area contributed by atoms with Crippen LogP contribution < -0.4 is 5.73 Å². The number of hydrogen-bond donors (Lipinski definition) is 1. The molecular weight excluding hydrogens is 213 g/mol. The molecule has 0 atom stereocenters. The predicted octanol–water partition coefficient (Wildman–Crippen LogP) is 3.49. The van der Waals surface area contributed by atoms with Crippen LogP contribution in [-0.2, 0) is 6.42 Å². The summed E-state index contributed by atoms with van der Waals surface area (Å²) in [6, 6.07) is 3.48. The Labute approximate surface area is 95.4 Å². The van der Waals surface area contributed by atoms with Gasteiger partial charge in [-0.15, -0.1) is 0 Å². The molecule has 0 aliphatic rings. The van der Waals surface area contributed by atoms with Crippen molar-refractivity contribution in [2.45, 2.75) is 32.6 Å². The van der Waals surface area contributed by atoms with Crippen LogP contribution >= 0.6 is 11.6 Å². The lowest BCUT2D eigenvalue weighted by Crippen LogP contribution is -2.02. The van der Waals surface area contributed by atoms with Gasteiger partial charge in [-0.3, -0.25) is 0 Å². The average Bonchev–Trinajstić information content (AvgIpc) is 2.19. The Bertz CT molecular complexity index is 337. The summed E-state index contributed by atoms with van der Waals surface area (Å²) in [6.45, 7) is 4.64. The molecule has 15 heavy (non-hydrogen) atoms. The summed E-state index contributed by atoms with van der Waals surface area (Å²) >= 11 is 5.89. The Morgan fingerprint density at radius 1 is 1.40 bits per heavy atom. The third-order valence-electron chi connectivity index (χ3n) is 2.41. The SMILES string of the molecule is CC(C)c1cc(CCCN)cc(F)c1Cl. The number of rotatable bonds is 4. The largest absolute Gasteiger partial charge is 0.330 e. The van der Waals surface area contributed by atoms with E-state index in [2.05, 4.69) is 0 Å². The van der Waals surface area contributed by atoms with Crippen molar-refractivity contribution >= 4 is 11.6 Å². The fourth-order valence-electron chi connectivity index (χ4n) is 1.54. The van der Waals surface area contributed by atoms with Gasteiger partial charge in [-0.1, -0.05) is 31.5 Å². The molecule has 1 aromatic carbocycles. The highest BCUT2D eigenvalue weighted by molar-refractivity contribution is 6.31. The number of benzene rings is 1. The zero-order chi connectivity index (χ0) is 11.4. The highest BCUT2D eigenvalue weighted by Crippen LogP contribution is 2.28. The Balaban J connectivity index is 3.00. The molecule has 0 aliphatic heterocycles. The van der Waals surface area contributed by atoms with Gasteiger partial charge in [0, 0.05) is 0 Å². The van der Waals surface area contributed by atoms with E-state index in [0.29, 0.717) is 6.54 Å². The summed E-state index contributed by atoms with van der Waals surface area (Å²) in [7, 11) is 0. The van der Waals surface area contributed by atoms with Crippen LogP contribution in [0.15, 0.2) is 12.1 Å². The highest BCUT2D eigenvalue weighted by atomic mass is 35.5. The normalized spacial score (nSPS) is 11.1. The van der Waals surface area contributed by atoms with Crippen molar-refractivity contribution in [1.82, 2.24) is 0 Å². The molecule has 0 saturated carbocycles. The first-order valence-corrected chi connectivity index (χ1v) is 5.62. The summed E-state index contributed by atoms with van der Waals surface area (Å²) in [6.07, 6.45) is 1.68. The smallest absolute Gasteiger partial charge is 0.142 e. The fourth-order valence-corrected chi connectivity index (χ4v) is 1.87. The Hall–Kier alpha value is -0.600. The maximum Gasteiger partial charge on any atom is 0.142 e. The standard InChI is InChI=1S/C12H17ClFN/c1-8(2)10-6-9(4-3-5-15)7-11(14)12(10)13/h6-8H,3-5,15H2,1-2H3. The van der Waals surface area contributed by atoms with Gasteiger partial charge in [0.05, 0.1) is 5.02 Å². The lowest BCUT2D eigenvalue weighted by Gasteiger charge is -2.11. The average molecular weight is 230 g/mol. The fraction of sp³-hybridized carbons (Fsp3) is 0.500. The van der Waals surface area contributed by atoms with Gasteiger partial charge in [-0.25, -0.2) is 4.39 Å². The molecule has 0 aliphatic carbocycles. The number of nitrogens with two attached hydrogens (primary N) is 1. The van der Waals surface area contributed by atoms with Crippen molar-refractivity contribution in [3.05, 3.63) is 34.1 Å². The second-order valence-electron chi connectivity index (χ2n) is 4.03. The maximum absolute atomic E-state index is 13.5. The van der Waals surface area contributed by atoms with Gasteiger partial charge in [0.15, 0.2) is 0 Å². The van der Waals surface area contributed by atoms with Gasteiger partial charge >= 0.3 is 0 Å². The van der Waals surface area contributed by atoms with Crippen LogP contribution in [0.4, 0.5) is 4.39 Å². The molecule has 0 saturated heterocycles. The third-order valence-corrected chi connectivity index (χ3v) is 2.81. The molecule has 84 valence electrons. The van der Waals surface area contributed by atoms with E-state index in [9.17, 15) is 4.39 Å². The minimum atomic E-state index is -0.324. The van der Waals surface area contributed by atoms with Crippen molar-refractivity contribution in [2.24, 2.45) is 5.73 Å². The molecule has 0 bridgehead atoms. The molecule has 1 aromatic rings. The second-order valence-corrected chi connectivity index (χ2v) is 4.41. The summed E-state index contributed by atoms with van der Waals surface area (Å²) < 4.78 is 13.5. The van der Waals surface area contributed by atoms with Crippen LogP contribution in [-0.4, -0.2) is 6.54 Å². The van der Waals surface area contributed by atoms with Crippen LogP contribution in [0.2, 0.25) is 5.02 Å². The number of aryl methyl sites for hydroxylation is 1. The maximum atomic E-state index is 13.5. The van der Waals surface area contributed by atoms with Crippen LogP contribution in [0, 0.1) is 5.82 Å². The molecule has 1 rings (SSSR count). The number of halogens is 2.